The van der Waals surface area contributed by atoms with E-state index < -0.39 is 0 Å². The van der Waals surface area contributed by atoms with Crippen molar-refractivity contribution in [2.75, 3.05) is 26.8 Å². The van der Waals surface area contributed by atoms with Gasteiger partial charge in [0, 0.05) is 17.1 Å². The van der Waals surface area contributed by atoms with E-state index in [4.69, 9.17) is 4.74 Å². The molecule has 1 aromatic rings. The zero-order chi connectivity index (χ0) is 14.3. The van der Waals surface area contributed by atoms with E-state index in [2.05, 4.69) is 20.7 Å². The summed E-state index contributed by atoms with van der Waals surface area (Å²) in [5, 5.41) is 0. The van der Waals surface area contributed by atoms with Crippen molar-refractivity contribution in [3.63, 3.8) is 0 Å². The summed E-state index contributed by atoms with van der Waals surface area (Å²) in [6.07, 6.45) is 0. The third kappa shape index (κ3) is 6.07. The molecule has 0 N–H and O–H groups in total. The second-order valence-corrected chi connectivity index (χ2v) is 5.36. The van der Waals surface area contributed by atoms with Crippen molar-refractivity contribution in [3.8, 4) is 5.75 Å². The lowest BCUT2D eigenvalue weighted by molar-refractivity contribution is -0.142. The van der Waals surface area contributed by atoms with Crippen LogP contribution in [0.1, 0.15) is 13.8 Å². The molecule has 0 amide bonds. The maximum Gasteiger partial charge on any atom is 0.319 e. The highest BCUT2D eigenvalue weighted by molar-refractivity contribution is 9.10. The van der Waals surface area contributed by atoms with Gasteiger partial charge in [0.1, 0.15) is 12.4 Å². The zero-order valence-corrected chi connectivity index (χ0v) is 13.1. The minimum Gasteiger partial charge on any atom is -0.492 e. The van der Waals surface area contributed by atoms with Gasteiger partial charge in [-0.1, -0.05) is 15.9 Å². The van der Waals surface area contributed by atoms with E-state index in [1.165, 1.54) is 7.11 Å². The smallest absolute Gasteiger partial charge is 0.319 e. The number of rotatable bonds is 7. The molecular formula is C14H20BrNO3. The third-order valence-corrected chi connectivity index (χ3v) is 3.28. The minimum atomic E-state index is -0.225. The summed E-state index contributed by atoms with van der Waals surface area (Å²) < 4.78 is 11.3. The average Bonchev–Trinajstić information content (AvgIpc) is 2.39. The second kappa shape index (κ2) is 8.17. The normalized spacial score (nSPS) is 10.8. The topological polar surface area (TPSA) is 38.8 Å². The number of benzene rings is 1. The van der Waals surface area contributed by atoms with Gasteiger partial charge in [0.25, 0.3) is 0 Å². The maximum absolute atomic E-state index is 11.3. The molecule has 1 aromatic carbocycles. The molecule has 0 saturated heterocycles. The molecule has 0 unspecified atom stereocenters. The van der Waals surface area contributed by atoms with Gasteiger partial charge in [-0.2, -0.15) is 0 Å². The number of ether oxygens (including phenoxy) is 2. The van der Waals surface area contributed by atoms with Crippen molar-refractivity contribution in [1.82, 2.24) is 4.90 Å². The molecule has 5 heteroatoms. The number of carbonyl (C=O) groups is 1. The first kappa shape index (κ1) is 16.0. The Bertz CT molecular complexity index is 392. The van der Waals surface area contributed by atoms with Gasteiger partial charge >= 0.3 is 5.97 Å². The van der Waals surface area contributed by atoms with Gasteiger partial charge < -0.3 is 9.47 Å². The predicted octanol–water partition coefficient (Wildman–Crippen LogP) is 2.71. The highest BCUT2D eigenvalue weighted by atomic mass is 79.9. The summed E-state index contributed by atoms with van der Waals surface area (Å²) in [6.45, 7) is 5.60. The highest BCUT2D eigenvalue weighted by Crippen LogP contribution is 2.16. The first-order valence-electron chi connectivity index (χ1n) is 6.22. The highest BCUT2D eigenvalue weighted by Gasteiger charge is 2.14. The Labute approximate surface area is 122 Å². The fourth-order valence-corrected chi connectivity index (χ4v) is 1.83. The van der Waals surface area contributed by atoms with Crippen molar-refractivity contribution < 1.29 is 14.3 Å². The number of esters is 1. The molecule has 4 nitrogen and oxygen atoms in total. The molecule has 0 radical (unpaired) electrons. The fourth-order valence-electron chi connectivity index (χ4n) is 1.56. The molecule has 0 aromatic heterocycles. The van der Waals surface area contributed by atoms with Gasteiger partial charge in [-0.3, -0.25) is 9.69 Å². The van der Waals surface area contributed by atoms with E-state index >= 15 is 0 Å². The lowest BCUT2D eigenvalue weighted by Crippen LogP contribution is -2.38. The monoisotopic (exact) mass is 329 g/mol. The van der Waals surface area contributed by atoms with Crippen molar-refractivity contribution in [3.05, 3.63) is 28.7 Å². The van der Waals surface area contributed by atoms with Gasteiger partial charge in [-0.25, -0.2) is 0 Å². The summed E-state index contributed by atoms with van der Waals surface area (Å²) >= 11 is 3.38. The molecule has 0 saturated carbocycles. The second-order valence-electron chi connectivity index (χ2n) is 4.44. The van der Waals surface area contributed by atoms with Crippen LogP contribution in [0.2, 0.25) is 0 Å². The Kier molecular flexibility index (Phi) is 6.87. The Hall–Kier alpha value is -1.07. The van der Waals surface area contributed by atoms with E-state index in [1.54, 1.807) is 0 Å². The van der Waals surface area contributed by atoms with Gasteiger partial charge in [-0.05, 0) is 38.1 Å². The summed E-state index contributed by atoms with van der Waals surface area (Å²) in [7, 11) is 1.40. The van der Waals surface area contributed by atoms with Gasteiger partial charge in [0.05, 0.1) is 13.7 Å². The summed E-state index contributed by atoms with van der Waals surface area (Å²) in [4.78, 5) is 13.3. The van der Waals surface area contributed by atoms with Crippen molar-refractivity contribution >= 4 is 21.9 Å². The SMILES string of the molecule is COC(=O)CN(CCOc1ccc(Br)cc1)C(C)C. The van der Waals surface area contributed by atoms with Crippen LogP contribution in [0.25, 0.3) is 0 Å². The van der Waals surface area contributed by atoms with Gasteiger partial charge in [0.15, 0.2) is 0 Å². The molecule has 0 aliphatic heterocycles. The largest absolute Gasteiger partial charge is 0.492 e. The van der Waals surface area contributed by atoms with Crippen LogP contribution in [0.15, 0.2) is 28.7 Å². The first-order valence-corrected chi connectivity index (χ1v) is 7.01. The van der Waals surface area contributed by atoms with Crippen LogP contribution < -0.4 is 4.74 Å². The quantitative estimate of drug-likeness (QED) is 0.721. The van der Waals surface area contributed by atoms with E-state index in [1.807, 2.05) is 43.0 Å². The van der Waals surface area contributed by atoms with Crippen LogP contribution >= 0.6 is 15.9 Å². The molecule has 0 atom stereocenters. The minimum absolute atomic E-state index is 0.225. The van der Waals surface area contributed by atoms with Crippen LogP contribution in [0, 0.1) is 0 Å². The molecule has 0 fully saturated rings. The van der Waals surface area contributed by atoms with Crippen LogP contribution in [-0.4, -0.2) is 43.7 Å². The Morgan fingerprint density at radius 2 is 1.95 bits per heavy atom. The molecule has 0 heterocycles. The lowest BCUT2D eigenvalue weighted by atomic mass is 10.3. The number of carbonyl (C=O) groups excluding carboxylic acids is 1. The third-order valence-electron chi connectivity index (χ3n) is 2.75. The lowest BCUT2D eigenvalue weighted by Gasteiger charge is -2.24. The molecule has 1 rings (SSSR count). The molecule has 0 bridgehead atoms. The molecular weight excluding hydrogens is 310 g/mol. The predicted molar refractivity (Wildman–Crippen MR) is 78.4 cm³/mol. The molecule has 106 valence electrons. The van der Waals surface area contributed by atoms with E-state index in [9.17, 15) is 4.79 Å². The van der Waals surface area contributed by atoms with Crippen LogP contribution in [-0.2, 0) is 9.53 Å². The Morgan fingerprint density at radius 1 is 1.32 bits per heavy atom. The van der Waals surface area contributed by atoms with Crippen LogP contribution in [0.3, 0.4) is 0 Å². The standard InChI is InChI=1S/C14H20BrNO3/c1-11(2)16(10-14(17)18-3)8-9-19-13-6-4-12(15)5-7-13/h4-7,11H,8-10H2,1-3H3. The Balaban J connectivity index is 2.39. The number of methoxy groups -OCH3 is 1. The fraction of sp³-hybridized carbons (Fsp3) is 0.500. The zero-order valence-electron chi connectivity index (χ0n) is 11.6. The number of hydrogen-bond acceptors (Lipinski definition) is 4. The number of hydrogen-bond donors (Lipinski definition) is 0. The molecule has 0 aliphatic rings. The van der Waals surface area contributed by atoms with Gasteiger partial charge in [-0.15, -0.1) is 0 Å². The van der Waals surface area contributed by atoms with Crippen LogP contribution in [0.5, 0.6) is 5.75 Å². The molecule has 19 heavy (non-hydrogen) atoms. The van der Waals surface area contributed by atoms with Crippen molar-refractivity contribution in [1.29, 1.82) is 0 Å². The van der Waals surface area contributed by atoms with Crippen LogP contribution in [0.4, 0.5) is 0 Å². The summed E-state index contributed by atoms with van der Waals surface area (Å²) in [5.74, 6) is 0.599. The average molecular weight is 330 g/mol. The summed E-state index contributed by atoms with van der Waals surface area (Å²) in [5.41, 5.74) is 0. The van der Waals surface area contributed by atoms with Gasteiger partial charge in [0.2, 0.25) is 0 Å². The van der Waals surface area contributed by atoms with E-state index in [0.29, 0.717) is 13.2 Å². The number of nitrogens with zero attached hydrogens (tertiary/aromatic N) is 1. The van der Waals surface area contributed by atoms with E-state index in [-0.39, 0.29) is 18.6 Å². The molecule has 0 spiro atoms. The number of halogens is 1. The maximum atomic E-state index is 11.3. The summed E-state index contributed by atoms with van der Waals surface area (Å²) in [6, 6.07) is 7.95. The van der Waals surface area contributed by atoms with E-state index in [0.717, 1.165) is 10.2 Å². The van der Waals surface area contributed by atoms with Crippen molar-refractivity contribution in [2.24, 2.45) is 0 Å². The first-order chi connectivity index (χ1) is 9.02. The Morgan fingerprint density at radius 3 is 2.47 bits per heavy atom. The molecule has 0 aliphatic carbocycles. The van der Waals surface area contributed by atoms with Crippen molar-refractivity contribution in [2.45, 2.75) is 19.9 Å².